The van der Waals surface area contributed by atoms with Crippen molar-refractivity contribution in [1.82, 2.24) is 16.2 Å². The lowest BCUT2D eigenvalue weighted by Gasteiger charge is -2.22. The van der Waals surface area contributed by atoms with Crippen molar-refractivity contribution in [2.75, 3.05) is 0 Å². The van der Waals surface area contributed by atoms with Crippen LogP contribution < -0.4 is 16.2 Å². The van der Waals surface area contributed by atoms with Crippen LogP contribution in [0.1, 0.15) is 67.2 Å². The van der Waals surface area contributed by atoms with Crippen LogP contribution in [0.4, 0.5) is 4.79 Å². The Labute approximate surface area is 138 Å². The third-order valence-corrected chi connectivity index (χ3v) is 3.08. The van der Waals surface area contributed by atoms with Gasteiger partial charge in [0.15, 0.2) is 0 Å². The van der Waals surface area contributed by atoms with Crippen molar-refractivity contribution in [1.29, 1.82) is 0 Å². The van der Waals surface area contributed by atoms with Gasteiger partial charge < -0.3 is 10.1 Å². The number of rotatable bonds is 7. The molecule has 0 aromatic rings. The molecule has 3 amide bonds. The van der Waals surface area contributed by atoms with E-state index in [-0.39, 0.29) is 11.8 Å². The molecule has 134 valence electrons. The van der Waals surface area contributed by atoms with Gasteiger partial charge in [-0.3, -0.25) is 20.4 Å². The van der Waals surface area contributed by atoms with Crippen LogP contribution in [-0.4, -0.2) is 29.6 Å². The van der Waals surface area contributed by atoms with E-state index in [4.69, 9.17) is 4.74 Å². The van der Waals surface area contributed by atoms with Crippen molar-refractivity contribution in [2.24, 2.45) is 5.92 Å². The van der Waals surface area contributed by atoms with E-state index in [1.165, 1.54) is 6.92 Å². The summed E-state index contributed by atoms with van der Waals surface area (Å²) in [5.41, 5.74) is 4.13. The summed E-state index contributed by atoms with van der Waals surface area (Å²) in [6, 6.07) is -0.819. The third kappa shape index (κ3) is 9.76. The minimum atomic E-state index is -0.819. The van der Waals surface area contributed by atoms with E-state index < -0.39 is 23.6 Å². The number of carbonyl (C=O) groups is 3. The van der Waals surface area contributed by atoms with Crippen LogP contribution in [0.3, 0.4) is 0 Å². The third-order valence-electron chi connectivity index (χ3n) is 3.08. The number of hydrogen-bond acceptors (Lipinski definition) is 4. The van der Waals surface area contributed by atoms with Gasteiger partial charge in [-0.2, -0.15) is 0 Å². The molecule has 0 saturated carbocycles. The van der Waals surface area contributed by atoms with Crippen LogP contribution in [0, 0.1) is 5.92 Å². The van der Waals surface area contributed by atoms with Crippen molar-refractivity contribution in [3.63, 3.8) is 0 Å². The van der Waals surface area contributed by atoms with E-state index in [9.17, 15) is 14.4 Å². The first-order valence-corrected chi connectivity index (χ1v) is 8.19. The zero-order valence-electron chi connectivity index (χ0n) is 15.1. The fourth-order valence-electron chi connectivity index (χ4n) is 1.99. The molecule has 0 bridgehead atoms. The first kappa shape index (κ1) is 21.2. The minimum Gasteiger partial charge on any atom is -0.444 e. The quantitative estimate of drug-likeness (QED) is 0.624. The summed E-state index contributed by atoms with van der Waals surface area (Å²) in [7, 11) is 0. The number of ether oxygens (including phenoxy) is 1. The molecule has 0 heterocycles. The second-order valence-corrected chi connectivity index (χ2v) is 6.62. The largest absolute Gasteiger partial charge is 0.444 e. The fraction of sp³-hybridized carbons (Fsp3) is 0.812. The Balaban J connectivity index is 4.31. The highest BCUT2D eigenvalue weighted by molar-refractivity contribution is 5.88. The Morgan fingerprint density at radius 2 is 1.43 bits per heavy atom. The molecule has 0 aliphatic heterocycles. The first-order valence-electron chi connectivity index (χ1n) is 8.19. The van der Waals surface area contributed by atoms with E-state index >= 15 is 0 Å². The molecule has 3 N–H and O–H groups in total. The van der Waals surface area contributed by atoms with Crippen LogP contribution in [-0.2, 0) is 14.3 Å². The number of carbonyl (C=O) groups excluding carboxylic acids is 3. The van der Waals surface area contributed by atoms with Gasteiger partial charge in [0.2, 0.25) is 5.91 Å². The molecule has 0 unspecified atom stereocenters. The number of hydrogen-bond donors (Lipinski definition) is 3. The molecule has 0 aromatic carbocycles. The van der Waals surface area contributed by atoms with Crippen molar-refractivity contribution in [3.05, 3.63) is 0 Å². The number of amides is 3. The lowest BCUT2D eigenvalue weighted by molar-refractivity contribution is -0.132. The Morgan fingerprint density at radius 3 is 1.87 bits per heavy atom. The Hall–Kier alpha value is -1.79. The normalized spacial score (nSPS) is 12.5. The van der Waals surface area contributed by atoms with Crippen molar-refractivity contribution in [2.45, 2.75) is 78.9 Å². The van der Waals surface area contributed by atoms with E-state index in [2.05, 4.69) is 16.2 Å². The van der Waals surface area contributed by atoms with Crippen LogP contribution in [0.25, 0.3) is 0 Å². The summed E-state index contributed by atoms with van der Waals surface area (Å²) in [6.07, 6.45) is 2.69. The molecule has 0 fully saturated rings. The lowest BCUT2D eigenvalue weighted by atomic mass is 9.98. The van der Waals surface area contributed by atoms with Gasteiger partial charge in [-0.25, -0.2) is 4.79 Å². The standard InChI is InChI=1S/C16H31N3O4/c1-7-9-12(10-8-2)14(21)19-18-13(20)11(3)17-15(22)23-16(4,5)6/h11-12H,7-10H2,1-6H3,(H,17,22)(H,18,20)(H,19,21)/t11-/m0/s1. The summed E-state index contributed by atoms with van der Waals surface area (Å²) in [5, 5.41) is 2.41. The number of alkyl carbamates (subject to hydrolysis) is 1. The van der Waals surface area contributed by atoms with Gasteiger partial charge >= 0.3 is 6.09 Å². The minimum absolute atomic E-state index is 0.112. The van der Waals surface area contributed by atoms with E-state index in [0.29, 0.717) is 0 Å². The predicted molar refractivity (Wildman–Crippen MR) is 88.4 cm³/mol. The topological polar surface area (TPSA) is 96.5 Å². The van der Waals surface area contributed by atoms with Gasteiger partial charge in [0.25, 0.3) is 5.91 Å². The summed E-state index contributed by atoms with van der Waals surface area (Å²) < 4.78 is 5.07. The van der Waals surface area contributed by atoms with Crippen LogP contribution in [0.5, 0.6) is 0 Å². The molecule has 0 aliphatic carbocycles. The predicted octanol–water partition coefficient (Wildman–Crippen LogP) is 2.26. The molecular weight excluding hydrogens is 298 g/mol. The monoisotopic (exact) mass is 329 g/mol. The molecule has 23 heavy (non-hydrogen) atoms. The maximum absolute atomic E-state index is 12.0. The van der Waals surface area contributed by atoms with Gasteiger partial charge in [0, 0.05) is 5.92 Å². The van der Waals surface area contributed by atoms with Crippen molar-refractivity contribution < 1.29 is 19.1 Å². The van der Waals surface area contributed by atoms with Gasteiger partial charge in [-0.15, -0.1) is 0 Å². The molecule has 0 radical (unpaired) electrons. The van der Waals surface area contributed by atoms with Crippen LogP contribution in [0.2, 0.25) is 0 Å². The summed E-state index contributed by atoms with van der Waals surface area (Å²) >= 11 is 0. The van der Waals surface area contributed by atoms with Crippen molar-refractivity contribution >= 4 is 17.9 Å². The van der Waals surface area contributed by atoms with Gasteiger partial charge in [0.05, 0.1) is 0 Å². The van der Waals surface area contributed by atoms with Gasteiger partial charge in [-0.05, 0) is 40.5 Å². The first-order chi connectivity index (χ1) is 10.6. The Bertz CT molecular complexity index is 399. The number of nitrogens with one attached hydrogen (secondary N) is 3. The van der Waals surface area contributed by atoms with Gasteiger partial charge in [0.1, 0.15) is 11.6 Å². The van der Waals surface area contributed by atoms with Crippen LogP contribution >= 0.6 is 0 Å². The maximum atomic E-state index is 12.0. The second kappa shape index (κ2) is 10.1. The average molecular weight is 329 g/mol. The highest BCUT2D eigenvalue weighted by atomic mass is 16.6. The van der Waals surface area contributed by atoms with Crippen LogP contribution in [0.15, 0.2) is 0 Å². The maximum Gasteiger partial charge on any atom is 0.408 e. The second-order valence-electron chi connectivity index (χ2n) is 6.62. The Kier molecular flexibility index (Phi) is 9.29. The molecular formula is C16H31N3O4. The summed E-state index contributed by atoms with van der Waals surface area (Å²) in [6.45, 7) is 10.8. The van der Waals surface area contributed by atoms with E-state index in [1.807, 2.05) is 13.8 Å². The molecule has 0 spiro atoms. The zero-order valence-corrected chi connectivity index (χ0v) is 15.1. The molecule has 0 rings (SSSR count). The Morgan fingerprint density at radius 1 is 0.957 bits per heavy atom. The SMILES string of the molecule is CCCC(CCC)C(=O)NNC(=O)[C@H](C)NC(=O)OC(C)(C)C. The number of hydrazine groups is 1. The smallest absolute Gasteiger partial charge is 0.408 e. The summed E-state index contributed by atoms with van der Waals surface area (Å²) in [5.74, 6) is -0.818. The van der Waals surface area contributed by atoms with Gasteiger partial charge in [-0.1, -0.05) is 26.7 Å². The summed E-state index contributed by atoms with van der Waals surface area (Å²) in [4.78, 5) is 35.5. The van der Waals surface area contributed by atoms with E-state index in [1.54, 1.807) is 20.8 Å². The van der Waals surface area contributed by atoms with Crippen molar-refractivity contribution in [3.8, 4) is 0 Å². The van der Waals surface area contributed by atoms with E-state index in [0.717, 1.165) is 25.7 Å². The molecule has 7 heteroatoms. The lowest BCUT2D eigenvalue weighted by Crippen LogP contribution is -2.52. The zero-order chi connectivity index (χ0) is 18.0. The molecule has 7 nitrogen and oxygen atoms in total. The molecule has 0 saturated heterocycles. The fourth-order valence-corrected chi connectivity index (χ4v) is 1.99. The molecule has 0 aliphatic rings. The highest BCUT2D eigenvalue weighted by Crippen LogP contribution is 2.13. The molecule has 1 atom stereocenters. The average Bonchev–Trinajstić information content (AvgIpc) is 2.41. The molecule has 0 aromatic heterocycles. The highest BCUT2D eigenvalue weighted by Gasteiger charge is 2.22.